The summed E-state index contributed by atoms with van der Waals surface area (Å²) in [7, 11) is 3.65. The normalized spacial score (nSPS) is 9.45. The first-order valence-corrected chi connectivity index (χ1v) is 4.03. The zero-order valence-corrected chi connectivity index (χ0v) is 8.47. The average Bonchev–Trinajstić information content (AvgIpc) is 1.62. The topological polar surface area (TPSA) is 84.8 Å². The van der Waals surface area contributed by atoms with Crippen LogP contribution in [0.4, 0.5) is 0 Å². The maximum atomic E-state index is 9.53. The fraction of sp³-hybridized carbons (Fsp3) is 1.00. The van der Waals surface area contributed by atoms with Gasteiger partial charge in [0.05, 0.1) is 0 Å². The molecule has 0 fully saturated rings. The summed E-state index contributed by atoms with van der Waals surface area (Å²) in [5.41, 5.74) is 0. The third-order valence-electron chi connectivity index (χ3n) is 0.240. The van der Waals surface area contributed by atoms with E-state index in [4.69, 9.17) is 4.89 Å². The standard InChI is InChI=1S/C3H9N.C2H5O3P.H3N/c1-4(2)3;1-2-5-6(3)4;/h1-3H3;2H2,1H3;1H3/p+1. The molecule has 0 rings (SSSR count). The van der Waals surface area contributed by atoms with E-state index in [2.05, 4.69) is 4.52 Å². The second kappa shape index (κ2) is 12.6. The Labute approximate surface area is 68.9 Å². The van der Waals surface area contributed by atoms with E-state index in [9.17, 15) is 4.57 Å². The molecule has 0 amide bonds. The number of rotatable bonds is 2. The van der Waals surface area contributed by atoms with E-state index >= 15 is 0 Å². The van der Waals surface area contributed by atoms with Crippen LogP contribution in [0.1, 0.15) is 6.92 Å². The molecule has 0 aliphatic heterocycles. The van der Waals surface area contributed by atoms with E-state index in [0.717, 1.165) is 0 Å². The molecule has 6 heteroatoms. The highest BCUT2D eigenvalue weighted by Crippen LogP contribution is 2.12. The van der Waals surface area contributed by atoms with Crippen molar-refractivity contribution in [2.45, 2.75) is 6.92 Å². The van der Waals surface area contributed by atoms with Gasteiger partial charge in [-0.3, -0.25) is 0 Å². The minimum Gasteiger partial charge on any atom is -0.344 e. The van der Waals surface area contributed by atoms with Crippen LogP contribution in [0.15, 0.2) is 0 Å². The largest absolute Gasteiger partial charge is 0.694 e. The molecule has 70 valence electrons. The summed E-state index contributed by atoms with van der Waals surface area (Å²) in [6, 6.07) is 0. The van der Waals surface area contributed by atoms with Gasteiger partial charge in [0, 0.05) is 4.57 Å². The lowest BCUT2D eigenvalue weighted by atomic mass is 10.9. The van der Waals surface area contributed by atoms with Gasteiger partial charge in [-0.2, -0.15) is 0 Å². The molecule has 0 saturated carbocycles. The molecule has 0 heterocycles. The summed E-state index contributed by atoms with van der Waals surface area (Å²) < 4.78 is 13.6. The molecule has 0 saturated heterocycles. The molecular weight excluding hydrogens is 167 g/mol. The first-order chi connectivity index (χ1) is 4.50. The van der Waals surface area contributed by atoms with Crippen molar-refractivity contribution < 1.29 is 14.0 Å². The third kappa shape index (κ3) is 72.5. The van der Waals surface area contributed by atoms with Gasteiger partial charge in [-0.05, 0) is 28.1 Å². The maximum absolute atomic E-state index is 9.53. The lowest BCUT2D eigenvalue weighted by molar-refractivity contribution is 0.297. The molecule has 0 spiro atoms. The van der Waals surface area contributed by atoms with E-state index in [1.54, 1.807) is 6.92 Å². The average molecular weight is 185 g/mol. The Morgan fingerprint density at radius 3 is 1.73 bits per heavy atom. The molecule has 4 N–H and O–H groups in total. The zero-order chi connectivity index (χ0) is 8.57. The van der Waals surface area contributed by atoms with Crippen LogP contribution in [0.2, 0.25) is 0 Å². The highest BCUT2D eigenvalue weighted by atomic mass is 31.1. The Balaban J connectivity index is -0.000000114. The van der Waals surface area contributed by atoms with Crippen LogP contribution >= 0.6 is 8.25 Å². The van der Waals surface area contributed by atoms with Crippen molar-refractivity contribution in [2.24, 2.45) is 0 Å². The van der Waals surface area contributed by atoms with Gasteiger partial charge in [0.1, 0.15) is 6.61 Å². The number of nitrogens with zero attached hydrogens (tertiary/aromatic N) is 1. The van der Waals surface area contributed by atoms with Crippen molar-refractivity contribution in [3.8, 4) is 0 Å². The summed E-state index contributed by atoms with van der Waals surface area (Å²) in [5, 5.41) is 0. The summed E-state index contributed by atoms with van der Waals surface area (Å²) >= 11 is 0. The van der Waals surface area contributed by atoms with E-state index < -0.39 is 8.25 Å². The van der Waals surface area contributed by atoms with Gasteiger partial charge in [-0.15, -0.1) is 9.42 Å². The Morgan fingerprint density at radius 1 is 1.45 bits per heavy atom. The summed E-state index contributed by atoms with van der Waals surface area (Å²) in [6.07, 6.45) is 0. The Kier molecular flexibility index (Phi) is 19.6. The molecule has 11 heavy (non-hydrogen) atoms. The molecule has 0 aromatic heterocycles. The summed E-state index contributed by atoms with van der Waals surface area (Å²) in [6.45, 7) is 1.95. The first-order valence-electron chi connectivity index (χ1n) is 2.90. The smallest absolute Gasteiger partial charge is 0.344 e. The van der Waals surface area contributed by atoms with Crippen molar-refractivity contribution >= 4 is 8.25 Å². The molecule has 0 aliphatic carbocycles. The van der Waals surface area contributed by atoms with E-state index in [1.807, 2.05) is 26.0 Å². The van der Waals surface area contributed by atoms with Crippen LogP contribution < -0.4 is 6.15 Å². The van der Waals surface area contributed by atoms with Crippen molar-refractivity contribution in [3.05, 3.63) is 0 Å². The minimum absolute atomic E-state index is 0. The Bertz CT molecular complexity index is 87.0. The molecule has 0 radical (unpaired) electrons. The molecule has 0 aromatic rings. The fourth-order valence-corrected chi connectivity index (χ4v) is 0.331. The maximum Gasteiger partial charge on any atom is 0.694 e. The summed E-state index contributed by atoms with van der Waals surface area (Å²) in [4.78, 5) is 9.84. The van der Waals surface area contributed by atoms with Gasteiger partial charge in [-0.1, -0.05) is 0 Å². The van der Waals surface area contributed by atoms with E-state index in [1.165, 1.54) is 0 Å². The Hall–Kier alpha value is -0.0600. The van der Waals surface area contributed by atoms with Crippen molar-refractivity contribution in [1.82, 2.24) is 11.1 Å². The van der Waals surface area contributed by atoms with Crippen molar-refractivity contribution in [2.75, 3.05) is 27.7 Å². The lowest BCUT2D eigenvalue weighted by Crippen LogP contribution is -1.99. The van der Waals surface area contributed by atoms with Gasteiger partial charge in [0.2, 0.25) is 0 Å². The van der Waals surface area contributed by atoms with Crippen LogP contribution in [0.3, 0.4) is 0 Å². The Morgan fingerprint density at radius 2 is 1.73 bits per heavy atom. The van der Waals surface area contributed by atoms with Crippen LogP contribution in [0.5, 0.6) is 0 Å². The molecule has 0 aromatic carbocycles. The number of hydrogen-bond acceptors (Lipinski definition) is 4. The van der Waals surface area contributed by atoms with Crippen LogP contribution in [0.25, 0.3) is 0 Å². The molecule has 0 aliphatic rings. The monoisotopic (exact) mass is 185 g/mol. The SMILES string of the molecule is CCO[P+](=O)O.CN(C)C.N. The number of hydrogen-bond donors (Lipinski definition) is 2. The second-order valence-electron chi connectivity index (χ2n) is 2.00. The van der Waals surface area contributed by atoms with Crippen LogP contribution in [-0.2, 0) is 9.09 Å². The molecule has 0 bridgehead atoms. The van der Waals surface area contributed by atoms with Crippen molar-refractivity contribution in [3.63, 3.8) is 0 Å². The van der Waals surface area contributed by atoms with E-state index in [0.29, 0.717) is 6.61 Å². The zero-order valence-electron chi connectivity index (χ0n) is 7.57. The highest BCUT2D eigenvalue weighted by molar-refractivity contribution is 7.32. The van der Waals surface area contributed by atoms with Gasteiger partial charge in [0.25, 0.3) is 0 Å². The van der Waals surface area contributed by atoms with Crippen molar-refractivity contribution in [1.29, 1.82) is 0 Å². The predicted octanol–water partition coefficient (Wildman–Crippen LogP) is 1.01. The second-order valence-corrected chi connectivity index (χ2v) is 2.73. The summed E-state index contributed by atoms with van der Waals surface area (Å²) in [5.74, 6) is 0. The van der Waals surface area contributed by atoms with E-state index in [-0.39, 0.29) is 6.15 Å². The van der Waals surface area contributed by atoms with Crippen LogP contribution in [0, 0.1) is 0 Å². The van der Waals surface area contributed by atoms with Crippen LogP contribution in [-0.4, -0.2) is 37.5 Å². The molecule has 5 nitrogen and oxygen atoms in total. The van der Waals surface area contributed by atoms with Gasteiger partial charge >= 0.3 is 8.25 Å². The predicted molar refractivity (Wildman–Crippen MR) is 46.1 cm³/mol. The quantitative estimate of drug-likeness (QED) is 0.627. The first kappa shape index (κ1) is 17.1. The molecule has 1 atom stereocenters. The van der Waals surface area contributed by atoms with Gasteiger partial charge < -0.3 is 11.1 Å². The highest BCUT2D eigenvalue weighted by Gasteiger charge is 2.06. The molecular formula is C5H18N2O3P+. The molecule has 1 unspecified atom stereocenters. The lowest BCUT2D eigenvalue weighted by Gasteiger charge is -1.90. The fourth-order valence-electron chi connectivity index (χ4n) is 0.110. The minimum atomic E-state index is -2.35. The van der Waals surface area contributed by atoms with Gasteiger partial charge in [-0.25, -0.2) is 0 Å². The van der Waals surface area contributed by atoms with Gasteiger partial charge in [0.15, 0.2) is 0 Å². The third-order valence-corrected chi connectivity index (χ3v) is 0.719.